The number of benzene rings is 1. The molecule has 5 heteroatoms. The van der Waals surface area contributed by atoms with Crippen LogP contribution in [0.5, 0.6) is 0 Å². The van der Waals surface area contributed by atoms with Crippen LogP contribution in [0, 0.1) is 6.92 Å². The first-order chi connectivity index (χ1) is 7.59. The zero-order valence-corrected chi connectivity index (χ0v) is 9.90. The van der Waals surface area contributed by atoms with E-state index < -0.39 is 0 Å². The molecule has 0 fully saturated rings. The van der Waals surface area contributed by atoms with Crippen LogP contribution in [0.1, 0.15) is 11.4 Å². The van der Waals surface area contributed by atoms with Gasteiger partial charge in [-0.15, -0.1) is 0 Å². The summed E-state index contributed by atoms with van der Waals surface area (Å²) in [5.74, 6) is 0.692. The molecular formula is C11H12ClN3O. The molecule has 4 nitrogen and oxygen atoms in total. The van der Waals surface area contributed by atoms with E-state index in [2.05, 4.69) is 5.10 Å². The van der Waals surface area contributed by atoms with E-state index >= 15 is 0 Å². The lowest BCUT2D eigenvalue weighted by Crippen LogP contribution is -2.23. The number of rotatable bonds is 2. The molecule has 0 radical (unpaired) electrons. The van der Waals surface area contributed by atoms with Gasteiger partial charge in [0.15, 0.2) is 0 Å². The maximum atomic E-state index is 11.7. The molecule has 0 aliphatic carbocycles. The van der Waals surface area contributed by atoms with Gasteiger partial charge in [-0.3, -0.25) is 4.57 Å². The first-order valence-electron chi connectivity index (χ1n) is 4.93. The van der Waals surface area contributed by atoms with Gasteiger partial charge in [-0.25, -0.2) is 9.48 Å². The Kier molecular flexibility index (Phi) is 2.83. The number of aryl methyl sites for hydroxylation is 1. The summed E-state index contributed by atoms with van der Waals surface area (Å²) in [5, 5.41) is 4.81. The van der Waals surface area contributed by atoms with Crippen molar-refractivity contribution >= 4 is 11.6 Å². The second kappa shape index (κ2) is 4.14. The third-order valence-corrected chi connectivity index (χ3v) is 2.91. The summed E-state index contributed by atoms with van der Waals surface area (Å²) >= 11 is 6.02. The lowest BCUT2D eigenvalue weighted by Gasteiger charge is -2.02. The molecule has 0 bridgehead atoms. The molecule has 0 spiro atoms. The number of halogens is 1. The molecule has 0 saturated carbocycles. The van der Waals surface area contributed by atoms with Crippen LogP contribution in [0.3, 0.4) is 0 Å². The highest BCUT2D eigenvalue weighted by Gasteiger charge is 2.08. The van der Waals surface area contributed by atoms with Gasteiger partial charge < -0.3 is 0 Å². The number of nitrogens with zero attached hydrogens (tertiary/aromatic N) is 3. The molecule has 2 rings (SSSR count). The second-order valence-corrected chi connectivity index (χ2v) is 4.05. The van der Waals surface area contributed by atoms with E-state index in [0.717, 1.165) is 5.56 Å². The number of hydrogen-bond donors (Lipinski definition) is 0. The smallest absolute Gasteiger partial charge is 0.282 e. The van der Waals surface area contributed by atoms with Gasteiger partial charge in [0.2, 0.25) is 0 Å². The predicted octanol–water partition coefficient (Wildman–Crippen LogP) is 1.59. The van der Waals surface area contributed by atoms with Crippen LogP contribution in [0.25, 0.3) is 0 Å². The van der Waals surface area contributed by atoms with Crippen molar-refractivity contribution < 1.29 is 0 Å². The van der Waals surface area contributed by atoms with Crippen LogP contribution in [-0.4, -0.2) is 14.3 Å². The van der Waals surface area contributed by atoms with Gasteiger partial charge in [0.05, 0.1) is 6.54 Å². The van der Waals surface area contributed by atoms with Crippen LogP contribution in [-0.2, 0) is 13.6 Å². The Morgan fingerprint density at radius 3 is 2.62 bits per heavy atom. The SMILES string of the molecule is Cc1nn(Cc2ccccc2Cl)c(=O)n1C. The largest absolute Gasteiger partial charge is 0.345 e. The Hall–Kier alpha value is -1.55. The van der Waals surface area contributed by atoms with E-state index in [0.29, 0.717) is 17.4 Å². The Labute approximate surface area is 98.1 Å². The molecule has 0 N–H and O–H groups in total. The van der Waals surface area contributed by atoms with Crippen LogP contribution < -0.4 is 5.69 Å². The van der Waals surface area contributed by atoms with E-state index in [1.54, 1.807) is 20.0 Å². The molecular weight excluding hydrogens is 226 g/mol. The molecule has 0 amide bonds. The van der Waals surface area contributed by atoms with Gasteiger partial charge in [-0.05, 0) is 18.6 Å². The zero-order chi connectivity index (χ0) is 11.7. The Bertz CT molecular complexity index is 571. The standard InChI is InChI=1S/C11H12ClN3O/c1-8-13-15(11(16)14(8)2)7-9-5-3-4-6-10(9)12/h3-6H,7H2,1-2H3. The summed E-state index contributed by atoms with van der Waals surface area (Å²) in [7, 11) is 1.70. The third-order valence-electron chi connectivity index (χ3n) is 2.54. The van der Waals surface area contributed by atoms with Gasteiger partial charge in [-0.1, -0.05) is 29.8 Å². The molecule has 0 unspecified atom stereocenters. The van der Waals surface area contributed by atoms with Crippen molar-refractivity contribution in [3.05, 3.63) is 51.2 Å². The fraction of sp³-hybridized carbons (Fsp3) is 0.273. The highest BCUT2D eigenvalue weighted by molar-refractivity contribution is 6.31. The van der Waals surface area contributed by atoms with Crippen LogP contribution >= 0.6 is 11.6 Å². The van der Waals surface area contributed by atoms with Gasteiger partial charge in [0.1, 0.15) is 5.82 Å². The molecule has 1 aromatic carbocycles. The maximum absolute atomic E-state index is 11.7. The van der Waals surface area contributed by atoms with E-state index in [4.69, 9.17) is 11.6 Å². The molecule has 0 aliphatic rings. The normalized spacial score (nSPS) is 10.7. The van der Waals surface area contributed by atoms with Crippen LogP contribution in [0.2, 0.25) is 5.02 Å². The molecule has 0 aliphatic heterocycles. The third kappa shape index (κ3) is 1.88. The van der Waals surface area contributed by atoms with Crippen molar-refractivity contribution in [2.45, 2.75) is 13.5 Å². The van der Waals surface area contributed by atoms with Crippen molar-refractivity contribution in [3.8, 4) is 0 Å². The van der Waals surface area contributed by atoms with Crippen molar-refractivity contribution in [3.63, 3.8) is 0 Å². The fourth-order valence-corrected chi connectivity index (χ4v) is 1.68. The predicted molar refractivity (Wildman–Crippen MR) is 62.8 cm³/mol. The van der Waals surface area contributed by atoms with Crippen molar-refractivity contribution in [1.82, 2.24) is 14.3 Å². The second-order valence-electron chi connectivity index (χ2n) is 3.64. The summed E-state index contributed by atoms with van der Waals surface area (Å²) in [5.41, 5.74) is 0.766. The van der Waals surface area contributed by atoms with Crippen molar-refractivity contribution in [2.24, 2.45) is 7.05 Å². The highest BCUT2D eigenvalue weighted by Crippen LogP contribution is 2.15. The minimum Gasteiger partial charge on any atom is -0.282 e. The highest BCUT2D eigenvalue weighted by atomic mass is 35.5. The van der Waals surface area contributed by atoms with Crippen LogP contribution in [0.15, 0.2) is 29.1 Å². The van der Waals surface area contributed by atoms with E-state index in [9.17, 15) is 4.79 Å². The lowest BCUT2D eigenvalue weighted by atomic mass is 10.2. The summed E-state index contributed by atoms with van der Waals surface area (Å²) in [4.78, 5) is 11.7. The van der Waals surface area contributed by atoms with E-state index in [1.165, 1.54) is 9.25 Å². The first-order valence-corrected chi connectivity index (χ1v) is 5.31. The van der Waals surface area contributed by atoms with Gasteiger partial charge in [-0.2, -0.15) is 5.10 Å². The molecule has 84 valence electrons. The molecule has 16 heavy (non-hydrogen) atoms. The lowest BCUT2D eigenvalue weighted by molar-refractivity contribution is 0.646. The topological polar surface area (TPSA) is 39.8 Å². The summed E-state index contributed by atoms with van der Waals surface area (Å²) in [6.45, 7) is 2.20. The zero-order valence-electron chi connectivity index (χ0n) is 9.14. The first kappa shape index (κ1) is 11.0. The summed E-state index contributed by atoms with van der Waals surface area (Å²) < 4.78 is 2.92. The summed E-state index contributed by atoms with van der Waals surface area (Å²) in [6.07, 6.45) is 0. The quantitative estimate of drug-likeness (QED) is 0.796. The molecule has 2 aromatic rings. The monoisotopic (exact) mass is 237 g/mol. The number of aromatic nitrogens is 3. The molecule has 1 heterocycles. The van der Waals surface area contributed by atoms with Gasteiger partial charge >= 0.3 is 5.69 Å². The van der Waals surface area contributed by atoms with Crippen LogP contribution in [0.4, 0.5) is 0 Å². The Balaban J connectivity index is 2.38. The maximum Gasteiger partial charge on any atom is 0.345 e. The number of hydrogen-bond acceptors (Lipinski definition) is 2. The average molecular weight is 238 g/mol. The fourth-order valence-electron chi connectivity index (χ4n) is 1.49. The van der Waals surface area contributed by atoms with E-state index in [1.807, 2.05) is 18.2 Å². The molecule has 0 atom stereocenters. The van der Waals surface area contributed by atoms with Gasteiger partial charge in [0.25, 0.3) is 0 Å². The van der Waals surface area contributed by atoms with E-state index in [-0.39, 0.29) is 5.69 Å². The van der Waals surface area contributed by atoms with Crippen molar-refractivity contribution in [2.75, 3.05) is 0 Å². The Morgan fingerprint density at radius 1 is 1.38 bits per heavy atom. The minimum absolute atomic E-state index is 0.127. The van der Waals surface area contributed by atoms with Gasteiger partial charge in [0, 0.05) is 12.1 Å². The summed E-state index contributed by atoms with van der Waals surface area (Å²) in [6, 6.07) is 7.44. The van der Waals surface area contributed by atoms with Crippen molar-refractivity contribution in [1.29, 1.82) is 0 Å². The minimum atomic E-state index is -0.127. The molecule has 0 saturated heterocycles. The Morgan fingerprint density at radius 2 is 2.06 bits per heavy atom. The molecule has 1 aromatic heterocycles. The average Bonchev–Trinajstić information content (AvgIpc) is 2.50.